The molecule has 104 valence electrons. The molecule has 1 aromatic rings. The van der Waals surface area contributed by atoms with Gasteiger partial charge >= 0.3 is 0 Å². The van der Waals surface area contributed by atoms with Gasteiger partial charge < -0.3 is 0 Å². The number of carbonyl (C=O) groups is 1. The van der Waals surface area contributed by atoms with Crippen LogP contribution in [0.25, 0.3) is 5.57 Å². The zero-order chi connectivity index (χ0) is 14.2. The second kappa shape index (κ2) is 4.85. The lowest BCUT2D eigenvalue weighted by molar-refractivity contribution is -0.536. The second-order valence-electron chi connectivity index (χ2n) is 5.69. The number of ketones is 1. The molecule has 4 heteroatoms. The quantitative estimate of drug-likeness (QED) is 0.481. The third-order valence-electron chi connectivity index (χ3n) is 4.45. The molecule has 0 N–H and O–H groups in total. The van der Waals surface area contributed by atoms with Gasteiger partial charge in [-0.2, -0.15) is 0 Å². The summed E-state index contributed by atoms with van der Waals surface area (Å²) in [6.45, 7) is 0. The summed E-state index contributed by atoms with van der Waals surface area (Å²) in [7, 11) is 0. The molecule has 2 aliphatic carbocycles. The molecule has 1 saturated carbocycles. The number of rotatable bonds is 3. The molecule has 0 bridgehead atoms. The van der Waals surface area contributed by atoms with Crippen LogP contribution in [-0.2, 0) is 4.79 Å². The fraction of sp³-hybridized carbons (Fsp3) is 0.438. The monoisotopic (exact) mass is 271 g/mol. The number of benzene rings is 1. The fourth-order valence-electron chi connectivity index (χ4n) is 3.32. The minimum atomic E-state index is -1.10. The van der Waals surface area contributed by atoms with Gasteiger partial charge in [0, 0.05) is 35.3 Å². The van der Waals surface area contributed by atoms with Crippen LogP contribution in [0, 0.1) is 16.0 Å². The Balaban J connectivity index is 1.88. The van der Waals surface area contributed by atoms with Crippen molar-refractivity contribution in [3.63, 3.8) is 0 Å². The van der Waals surface area contributed by atoms with Gasteiger partial charge in [-0.05, 0) is 18.4 Å². The van der Waals surface area contributed by atoms with E-state index in [-0.39, 0.29) is 16.6 Å². The van der Waals surface area contributed by atoms with Crippen molar-refractivity contribution in [1.82, 2.24) is 0 Å². The Kier molecular flexibility index (Phi) is 3.16. The van der Waals surface area contributed by atoms with Gasteiger partial charge in [0.2, 0.25) is 0 Å². The summed E-state index contributed by atoms with van der Waals surface area (Å²) in [6, 6.07) is 9.47. The van der Waals surface area contributed by atoms with Crippen LogP contribution in [0.1, 0.15) is 37.7 Å². The Morgan fingerprint density at radius 2 is 1.95 bits per heavy atom. The Morgan fingerprint density at radius 1 is 1.20 bits per heavy atom. The van der Waals surface area contributed by atoms with Gasteiger partial charge in [-0.1, -0.05) is 36.8 Å². The maximum Gasteiger partial charge on any atom is 0.269 e. The molecular formula is C16H17NO3. The average molecular weight is 271 g/mol. The van der Waals surface area contributed by atoms with Crippen molar-refractivity contribution in [3.05, 3.63) is 52.1 Å². The van der Waals surface area contributed by atoms with Crippen LogP contribution in [0.2, 0.25) is 0 Å². The average Bonchev–Trinajstić information content (AvgIpc) is 3.21. The van der Waals surface area contributed by atoms with Crippen molar-refractivity contribution >= 4 is 11.4 Å². The molecule has 0 saturated heterocycles. The first kappa shape index (κ1) is 13.0. The highest BCUT2D eigenvalue weighted by molar-refractivity contribution is 5.89. The van der Waals surface area contributed by atoms with E-state index in [1.54, 1.807) is 6.08 Å². The Labute approximate surface area is 117 Å². The summed E-state index contributed by atoms with van der Waals surface area (Å²) in [6.07, 6.45) is 5.19. The van der Waals surface area contributed by atoms with Crippen LogP contribution in [0.15, 0.2) is 36.4 Å². The summed E-state index contributed by atoms with van der Waals surface area (Å²) >= 11 is 0. The molecule has 4 nitrogen and oxygen atoms in total. The van der Waals surface area contributed by atoms with Gasteiger partial charge in [0.25, 0.3) is 5.54 Å². The topological polar surface area (TPSA) is 60.2 Å². The van der Waals surface area contributed by atoms with Gasteiger partial charge in [0.05, 0.1) is 0 Å². The highest BCUT2D eigenvalue weighted by Crippen LogP contribution is 2.53. The molecule has 0 spiro atoms. The molecule has 2 aliphatic rings. The molecule has 0 heterocycles. The van der Waals surface area contributed by atoms with Gasteiger partial charge in [-0.25, -0.2) is 0 Å². The van der Waals surface area contributed by atoms with Crippen molar-refractivity contribution in [3.8, 4) is 0 Å². The first-order valence-corrected chi connectivity index (χ1v) is 7.09. The Hall–Kier alpha value is -1.97. The van der Waals surface area contributed by atoms with E-state index in [4.69, 9.17) is 0 Å². The van der Waals surface area contributed by atoms with Crippen molar-refractivity contribution in [2.75, 3.05) is 0 Å². The van der Waals surface area contributed by atoms with E-state index in [0.29, 0.717) is 12.8 Å². The van der Waals surface area contributed by atoms with Crippen LogP contribution in [0.5, 0.6) is 0 Å². The molecule has 1 fully saturated rings. The van der Waals surface area contributed by atoms with E-state index < -0.39 is 5.54 Å². The van der Waals surface area contributed by atoms with Gasteiger partial charge in [-0.3, -0.25) is 14.9 Å². The minimum absolute atomic E-state index is 0.168. The van der Waals surface area contributed by atoms with Crippen molar-refractivity contribution in [1.29, 1.82) is 0 Å². The van der Waals surface area contributed by atoms with E-state index >= 15 is 0 Å². The lowest BCUT2D eigenvalue weighted by Gasteiger charge is -2.20. The van der Waals surface area contributed by atoms with E-state index in [2.05, 4.69) is 0 Å². The van der Waals surface area contributed by atoms with Gasteiger partial charge in [0.1, 0.15) is 5.78 Å². The van der Waals surface area contributed by atoms with E-state index in [0.717, 1.165) is 30.4 Å². The highest BCUT2D eigenvalue weighted by atomic mass is 16.6. The number of nitro groups is 1. The summed E-state index contributed by atoms with van der Waals surface area (Å²) in [5.41, 5.74) is 0.588. The van der Waals surface area contributed by atoms with Crippen LogP contribution in [-0.4, -0.2) is 16.2 Å². The van der Waals surface area contributed by atoms with E-state index in [1.807, 2.05) is 30.3 Å². The maximum absolute atomic E-state index is 11.8. The van der Waals surface area contributed by atoms with Gasteiger partial charge in [0.15, 0.2) is 0 Å². The van der Waals surface area contributed by atoms with E-state index in [1.165, 1.54) is 0 Å². The number of hydrogen-bond donors (Lipinski definition) is 0. The second-order valence-corrected chi connectivity index (χ2v) is 5.69. The molecule has 20 heavy (non-hydrogen) atoms. The van der Waals surface area contributed by atoms with Crippen molar-refractivity contribution in [2.24, 2.45) is 5.92 Å². The first-order valence-electron chi connectivity index (χ1n) is 7.09. The largest absolute Gasteiger partial charge is 0.300 e. The molecule has 2 atom stereocenters. The zero-order valence-electron chi connectivity index (χ0n) is 11.2. The molecular weight excluding hydrogens is 254 g/mol. The fourth-order valence-corrected chi connectivity index (χ4v) is 3.32. The Morgan fingerprint density at radius 3 is 2.65 bits per heavy atom. The summed E-state index contributed by atoms with van der Waals surface area (Å²) in [5, 5.41) is 11.6. The summed E-state index contributed by atoms with van der Waals surface area (Å²) in [5.74, 6) is -0.0101. The third-order valence-corrected chi connectivity index (χ3v) is 4.45. The Bertz CT molecular complexity index is 579. The molecule has 0 amide bonds. The normalized spacial score (nSPS) is 29.5. The third kappa shape index (κ3) is 2.05. The first-order chi connectivity index (χ1) is 9.64. The van der Waals surface area contributed by atoms with Crippen LogP contribution < -0.4 is 0 Å². The summed E-state index contributed by atoms with van der Waals surface area (Å²) in [4.78, 5) is 23.2. The molecule has 0 aromatic heterocycles. The number of nitrogens with zero attached hydrogens (tertiary/aromatic N) is 1. The van der Waals surface area contributed by atoms with Gasteiger partial charge in [-0.15, -0.1) is 0 Å². The molecule has 0 aliphatic heterocycles. The van der Waals surface area contributed by atoms with Crippen molar-refractivity contribution in [2.45, 2.75) is 37.6 Å². The maximum atomic E-state index is 11.8. The standard InChI is InChI=1S/C16H17NO3/c18-14-9-5-4-8-13(10-14)16(17(19)20)11-15(16)12-6-2-1-3-7-12/h1-3,6-7,11,13H,4-5,8-10H2/t13-,16-/m1/s1. The smallest absolute Gasteiger partial charge is 0.269 e. The predicted octanol–water partition coefficient (Wildman–Crippen LogP) is 3.25. The lowest BCUT2D eigenvalue weighted by atomic mass is 9.85. The highest BCUT2D eigenvalue weighted by Gasteiger charge is 2.62. The number of hydrogen-bond acceptors (Lipinski definition) is 3. The molecule has 0 radical (unpaired) electrons. The zero-order valence-corrected chi connectivity index (χ0v) is 11.2. The number of carbonyl (C=O) groups excluding carboxylic acids is 1. The van der Waals surface area contributed by atoms with Crippen LogP contribution >= 0.6 is 0 Å². The van der Waals surface area contributed by atoms with Crippen LogP contribution in [0.3, 0.4) is 0 Å². The SMILES string of the molecule is O=C1CCCC[C@@H]([C@]2([N+](=O)[O-])C=C2c2ccccc2)C1. The summed E-state index contributed by atoms with van der Waals surface area (Å²) < 4.78 is 0. The molecule has 3 rings (SSSR count). The lowest BCUT2D eigenvalue weighted by Crippen LogP contribution is -2.35. The van der Waals surface area contributed by atoms with Crippen LogP contribution in [0.4, 0.5) is 0 Å². The van der Waals surface area contributed by atoms with Crippen molar-refractivity contribution < 1.29 is 9.72 Å². The predicted molar refractivity (Wildman–Crippen MR) is 75.7 cm³/mol. The number of Topliss-reactive ketones (excluding diaryl/α,β-unsaturated/α-hetero) is 1. The molecule has 1 aromatic carbocycles. The molecule has 0 unspecified atom stereocenters. The minimum Gasteiger partial charge on any atom is -0.300 e. The van der Waals surface area contributed by atoms with E-state index in [9.17, 15) is 14.9 Å².